The predicted octanol–water partition coefficient (Wildman–Crippen LogP) is 6.25. The maximum atomic E-state index is 14.5. The Kier molecular flexibility index (Phi) is 5.08. The number of amides is 2. The minimum atomic E-state index is -4.89. The molecule has 0 bridgehead atoms. The molecular formula is C23H22ClF3N2O2. The Bertz CT molecular complexity index is 1070. The molecule has 0 aromatic heterocycles. The number of rotatable bonds is 4. The van der Waals surface area contributed by atoms with Crippen LogP contribution in [0, 0.1) is 26.7 Å². The van der Waals surface area contributed by atoms with E-state index in [1.807, 2.05) is 19.1 Å². The van der Waals surface area contributed by atoms with Gasteiger partial charge in [-0.3, -0.25) is 9.69 Å². The van der Waals surface area contributed by atoms with Crippen LogP contribution in [-0.2, 0) is 10.3 Å². The van der Waals surface area contributed by atoms with Gasteiger partial charge in [-0.05, 0) is 62.9 Å². The molecule has 1 aliphatic carbocycles. The number of ketones is 1. The molecule has 1 atom stereocenters. The van der Waals surface area contributed by atoms with E-state index >= 15 is 0 Å². The first-order valence-electron chi connectivity index (χ1n) is 10.0. The van der Waals surface area contributed by atoms with E-state index in [0.29, 0.717) is 18.5 Å². The van der Waals surface area contributed by atoms with Crippen LogP contribution in [0.25, 0.3) is 0 Å². The summed E-state index contributed by atoms with van der Waals surface area (Å²) in [6.45, 7) is 5.52. The smallest absolute Gasteiger partial charge is 0.319 e. The molecule has 1 saturated carbocycles. The number of halogens is 4. The van der Waals surface area contributed by atoms with E-state index in [1.165, 1.54) is 23.1 Å². The fraction of sp³-hybridized carbons (Fsp3) is 0.391. The number of fused-ring (bicyclic) bond motifs is 1. The number of nitrogens with one attached hydrogen (secondary N) is 1. The van der Waals surface area contributed by atoms with Gasteiger partial charge in [0.2, 0.25) is 0 Å². The SMILES string of the molecule is Cc1cc(C)c(N2C(=O)NC(CC(=O)C3CC3)(C(F)(F)F)c3cc(Cl)ccc32)c(C)c1. The highest BCUT2D eigenvalue weighted by molar-refractivity contribution is 6.30. The van der Waals surface area contributed by atoms with Crippen LogP contribution in [0.3, 0.4) is 0 Å². The number of alkyl halides is 3. The Morgan fingerprint density at radius 3 is 2.32 bits per heavy atom. The Labute approximate surface area is 183 Å². The van der Waals surface area contributed by atoms with Gasteiger partial charge in [-0.25, -0.2) is 4.79 Å². The van der Waals surface area contributed by atoms with Crippen molar-refractivity contribution in [3.63, 3.8) is 0 Å². The first-order valence-corrected chi connectivity index (χ1v) is 10.4. The number of hydrogen-bond acceptors (Lipinski definition) is 2. The van der Waals surface area contributed by atoms with Crippen LogP contribution >= 0.6 is 11.6 Å². The zero-order valence-electron chi connectivity index (χ0n) is 17.4. The van der Waals surface area contributed by atoms with Crippen molar-refractivity contribution in [1.82, 2.24) is 5.32 Å². The topological polar surface area (TPSA) is 49.4 Å². The number of urea groups is 1. The maximum Gasteiger partial charge on any atom is 0.416 e. The van der Waals surface area contributed by atoms with E-state index in [1.54, 1.807) is 13.8 Å². The molecule has 0 spiro atoms. The summed E-state index contributed by atoms with van der Waals surface area (Å²) in [6, 6.07) is 6.88. The van der Waals surface area contributed by atoms with Crippen LogP contribution in [0.2, 0.25) is 5.02 Å². The zero-order chi connectivity index (χ0) is 22.7. The number of carbonyl (C=O) groups excluding carboxylic acids is 2. The van der Waals surface area contributed by atoms with Crippen LogP contribution in [-0.4, -0.2) is 18.0 Å². The molecule has 1 heterocycles. The Balaban J connectivity index is 1.95. The molecule has 4 nitrogen and oxygen atoms in total. The van der Waals surface area contributed by atoms with Crippen molar-refractivity contribution in [3.8, 4) is 0 Å². The normalized spacial score (nSPS) is 21.0. The second-order valence-electron chi connectivity index (χ2n) is 8.49. The van der Waals surface area contributed by atoms with Gasteiger partial charge in [0.25, 0.3) is 0 Å². The Hall–Kier alpha value is -2.54. The van der Waals surface area contributed by atoms with E-state index in [0.717, 1.165) is 16.7 Å². The molecule has 1 N–H and O–H groups in total. The molecule has 1 aliphatic heterocycles. The van der Waals surface area contributed by atoms with Crippen molar-refractivity contribution < 1.29 is 22.8 Å². The summed E-state index contributed by atoms with van der Waals surface area (Å²) in [5, 5.41) is 2.26. The van der Waals surface area contributed by atoms with Crippen molar-refractivity contribution in [2.75, 3.05) is 4.90 Å². The highest BCUT2D eigenvalue weighted by Gasteiger charge is 2.62. The molecule has 1 fully saturated rings. The average Bonchev–Trinajstić information content (AvgIpc) is 3.47. The summed E-state index contributed by atoms with van der Waals surface area (Å²) in [5.41, 5.74) is 0.0180. The molecule has 164 valence electrons. The van der Waals surface area contributed by atoms with E-state index in [2.05, 4.69) is 5.32 Å². The summed E-state index contributed by atoms with van der Waals surface area (Å²) in [7, 11) is 0. The fourth-order valence-corrected chi connectivity index (χ4v) is 4.65. The molecule has 2 aromatic rings. The summed E-state index contributed by atoms with van der Waals surface area (Å²) >= 11 is 6.10. The lowest BCUT2D eigenvalue weighted by atomic mass is 9.80. The van der Waals surface area contributed by atoms with Gasteiger partial charge in [-0.1, -0.05) is 29.3 Å². The predicted molar refractivity (Wildman–Crippen MR) is 113 cm³/mol. The lowest BCUT2D eigenvalue weighted by Crippen LogP contribution is -2.63. The third-order valence-corrected chi connectivity index (χ3v) is 6.23. The van der Waals surface area contributed by atoms with Crippen LogP contribution < -0.4 is 10.2 Å². The molecule has 31 heavy (non-hydrogen) atoms. The average molecular weight is 451 g/mol. The van der Waals surface area contributed by atoms with Crippen LogP contribution in [0.4, 0.5) is 29.3 Å². The first-order chi connectivity index (χ1) is 14.4. The summed E-state index contributed by atoms with van der Waals surface area (Å²) < 4.78 is 43.6. The minimum Gasteiger partial charge on any atom is -0.319 e. The first kappa shape index (κ1) is 21.7. The van der Waals surface area contributed by atoms with Crippen LogP contribution in [0.5, 0.6) is 0 Å². The van der Waals surface area contributed by atoms with Crippen molar-refractivity contribution in [1.29, 1.82) is 0 Å². The summed E-state index contributed by atoms with van der Waals surface area (Å²) in [5.74, 6) is -0.877. The quantitative estimate of drug-likeness (QED) is 0.598. The summed E-state index contributed by atoms with van der Waals surface area (Å²) in [6.07, 6.45) is -4.58. The summed E-state index contributed by atoms with van der Waals surface area (Å²) in [4.78, 5) is 27.0. The zero-order valence-corrected chi connectivity index (χ0v) is 18.1. The molecule has 4 rings (SSSR count). The lowest BCUT2D eigenvalue weighted by Gasteiger charge is -2.45. The van der Waals surface area contributed by atoms with Gasteiger partial charge < -0.3 is 5.32 Å². The van der Waals surface area contributed by atoms with E-state index in [-0.39, 0.29) is 22.2 Å². The number of Topliss-reactive ketones (excluding diaryl/α,β-unsaturated/α-hetero) is 1. The standard InChI is InChI=1S/C23H22ClF3N2O2/c1-12-8-13(2)20(14(3)9-12)29-18-7-6-16(24)10-17(18)22(23(25,26)27,28-21(29)31)11-19(30)15-4-5-15/h6-10,15H,4-5,11H2,1-3H3,(H,28,31). The van der Waals surface area contributed by atoms with E-state index in [9.17, 15) is 22.8 Å². The highest BCUT2D eigenvalue weighted by Crippen LogP contribution is 2.52. The molecular weight excluding hydrogens is 429 g/mol. The van der Waals surface area contributed by atoms with E-state index in [4.69, 9.17) is 11.6 Å². The second kappa shape index (κ2) is 7.26. The van der Waals surface area contributed by atoms with Crippen LogP contribution in [0.1, 0.15) is 41.5 Å². The molecule has 8 heteroatoms. The number of nitrogens with zero attached hydrogens (tertiary/aromatic N) is 1. The molecule has 2 aromatic carbocycles. The minimum absolute atomic E-state index is 0.0733. The van der Waals surface area contributed by atoms with Gasteiger partial charge in [0.05, 0.1) is 11.4 Å². The van der Waals surface area contributed by atoms with Gasteiger partial charge in [0, 0.05) is 22.9 Å². The second-order valence-corrected chi connectivity index (χ2v) is 8.93. The van der Waals surface area contributed by atoms with Gasteiger partial charge in [-0.15, -0.1) is 0 Å². The molecule has 0 radical (unpaired) electrons. The van der Waals surface area contributed by atoms with Gasteiger partial charge >= 0.3 is 12.2 Å². The van der Waals surface area contributed by atoms with Gasteiger partial charge in [0.1, 0.15) is 5.78 Å². The van der Waals surface area contributed by atoms with Crippen LogP contribution in [0.15, 0.2) is 30.3 Å². The number of benzene rings is 2. The third kappa shape index (κ3) is 3.59. The number of anilines is 2. The molecule has 1 unspecified atom stereocenters. The van der Waals surface area contributed by atoms with Crippen molar-refractivity contribution >= 4 is 34.8 Å². The van der Waals surface area contributed by atoms with Crippen molar-refractivity contribution in [2.45, 2.75) is 51.7 Å². The Morgan fingerprint density at radius 1 is 1.16 bits per heavy atom. The fourth-order valence-electron chi connectivity index (χ4n) is 4.48. The van der Waals surface area contributed by atoms with E-state index < -0.39 is 30.0 Å². The Morgan fingerprint density at radius 2 is 1.77 bits per heavy atom. The largest absolute Gasteiger partial charge is 0.416 e. The van der Waals surface area contributed by atoms with Crippen molar-refractivity contribution in [3.05, 3.63) is 57.6 Å². The molecule has 2 amide bonds. The molecule has 0 saturated heterocycles. The van der Waals surface area contributed by atoms with Gasteiger partial charge in [0.15, 0.2) is 5.54 Å². The number of aryl methyl sites for hydroxylation is 3. The maximum absolute atomic E-state index is 14.5. The number of hydrogen-bond donors (Lipinski definition) is 1. The monoisotopic (exact) mass is 450 g/mol. The van der Waals surface area contributed by atoms with Gasteiger partial charge in [-0.2, -0.15) is 13.2 Å². The number of carbonyl (C=O) groups is 2. The lowest BCUT2D eigenvalue weighted by molar-refractivity contribution is -0.200. The third-order valence-electron chi connectivity index (χ3n) is 6.00. The van der Waals surface area contributed by atoms with Crippen molar-refractivity contribution in [2.24, 2.45) is 5.92 Å². The molecule has 2 aliphatic rings. The highest BCUT2D eigenvalue weighted by atomic mass is 35.5.